The molecule has 24 heavy (non-hydrogen) atoms. The Bertz CT molecular complexity index is 882. The first-order valence-electron chi connectivity index (χ1n) is 8.35. The van der Waals surface area contributed by atoms with Crippen molar-refractivity contribution in [3.63, 3.8) is 0 Å². The second-order valence-electron chi connectivity index (χ2n) is 6.18. The van der Waals surface area contributed by atoms with Crippen molar-refractivity contribution < 1.29 is 4.79 Å². The number of Topliss-reactive ketones (excluding diaryl/α,β-unsaturated/α-hetero) is 1. The number of aryl methyl sites for hydroxylation is 2. The fraction of sp³-hybridized carbons (Fsp3) is 0.238. The number of anilines is 2. The molecular formula is C21H22N2O. The Kier molecular flexibility index (Phi) is 4.61. The molecule has 0 fully saturated rings. The molecule has 1 heterocycles. The highest BCUT2D eigenvalue weighted by atomic mass is 16.1. The summed E-state index contributed by atoms with van der Waals surface area (Å²) in [6, 6.07) is 14.3. The van der Waals surface area contributed by atoms with Gasteiger partial charge in [-0.25, -0.2) is 0 Å². The number of ketones is 1. The summed E-state index contributed by atoms with van der Waals surface area (Å²) in [5, 5.41) is 4.43. The number of pyridine rings is 1. The third kappa shape index (κ3) is 3.16. The van der Waals surface area contributed by atoms with Gasteiger partial charge in [-0.15, -0.1) is 0 Å². The van der Waals surface area contributed by atoms with Gasteiger partial charge >= 0.3 is 0 Å². The first-order valence-corrected chi connectivity index (χ1v) is 8.35. The first kappa shape index (κ1) is 16.2. The largest absolute Gasteiger partial charge is 0.354 e. The zero-order chi connectivity index (χ0) is 17.1. The van der Waals surface area contributed by atoms with Gasteiger partial charge in [0.15, 0.2) is 5.78 Å². The van der Waals surface area contributed by atoms with Gasteiger partial charge in [-0.2, -0.15) is 0 Å². The van der Waals surface area contributed by atoms with Crippen molar-refractivity contribution in [2.45, 2.75) is 33.6 Å². The molecule has 0 aliphatic carbocycles. The number of rotatable bonds is 5. The highest BCUT2D eigenvalue weighted by Crippen LogP contribution is 2.31. The van der Waals surface area contributed by atoms with Crippen LogP contribution in [0, 0.1) is 13.8 Å². The molecule has 122 valence electrons. The van der Waals surface area contributed by atoms with Crippen LogP contribution in [0.5, 0.6) is 0 Å². The van der Waals surface area contributed by atoms with Gasteiger partial charge in [0.25, 0.3) is 0 Å². The molecule has 0 radical (unpaired) electrons. The normalized spacial score (nSPS) is 10.8. The number of hydrogen-bond donors (Lipinski definition) is 1. The number of carbonyl (C=O) groups is 1. The van der Waals surface area contributed by atoms with E-state index in [4.69, 9.17) is 0 Å². The molecule has 1 aromatic heterocycles. The maximum Gasteiger partial charge on any atom is 0.166 e. The van der Waals surface area contributed by atoms with Gasteiger partial charge in [-0.05, 0) is 38.0 Å². The van der Waals surface area contributed by atoms with Gasteiger partial charge in [0.2, 0.25) is 0 Å². The summed E-state index contributed by atoms with van der Waals surface area (Å²) in [4.78, 5) is 17.1. The van der Waals surface area contributed by atoms with E-state index in [1.165, 1.54) is 5.56 Å². The van der Waals surface area contributed by atoms with Gasteiger partial charge < -0.3 is 5.32 Å². The SMILES string of the molecule is CCCC(=O)c1cnc2c(C)cccc2c1Nc1ccc(C)cc1. The van der Waals surface area contributed by atoms with E-state index in [0.717, 1.165) is 34.3 Å². The zero-order valence-electron chi connectivity index (χ0n) is 14.4. The van der Waals surface area contributed by atoms with Crippen LogP contribution in [0.3, 0.4) is 0 Å². The standard InChI is InChI=1S/C21H22N2O/c1-4-6-19(24)18-13-22-20-15(3)7-5-8-17(20)21(18)23-16-11-9-14(2)10-12-16/h5,7-13H,4,6H2,1-3H3,(H,22,23). The summed E-state index contributed by atoms with van der Waals surface area (Å²) in [6.07, 6.45) is 3.07. The summed E-state index contributed by atoms with van der Waals surface area (Å²) in [5.41, 5.74) is 5.73. The Hall–Kier alpha value is -2.68. The average molecular weight is 318 g/mol. The molecule has 0 saturated heterocycles. The minimum Gasteiger partial charge on any atom is -0.354 e. The third-order valence-corrected chi connectivity index (χ3v) is 4.20. The van der Waals surface area contributed by atoms with Crippen molar-refractivity contribution in [1.29, 1.82) is 0 Å². The number of benzene rings is 2. The van der Waals surface area contributed by atoms with Crippen LogP contribution in [-0.2, 0) is 0 Å². The van der Waals surface area contributed by atoms with E-state index in [-0.39, 0.29) is 5.78 Å². The number of aromatic nitrogens is 1. The molecule has 0 bridgehead atoms. The lowest BCUT2D eigenvalue weighted by Gasteiger charge is -2.15. The van der Waals surface area contributed by atoms with Crippen LogP contribution >= 0.6 is 0 Å². The van der Waals surface area contributed by atoms with Crippen LogP contribution in [0.15, 0.2) is 48.7 Å². The molecule has 3 aromatic rings. The van der Waals surface area contributed by atoms with E-state index in [1.54, 1.807) is 6.20 Å². The van der Waals surface area contributed by atoms with Crippen LogP contribution in [0.2, 0.25) is 0 Å². The van der Waals surface area contributed by atoms with Crippen molar-refractivity contribution in [2.24, 2.45) is 0 Å². The van der Waals surface area contributed by atoms with E-state index in [0.29, 0.717) is 12.0 Å². The van der Waals surface area contributed by atoms with Crippen LogP contribution in [0.4, 0.5) is 11.4 Å². The molecule has 2 aromatic carbocycles. The van der Waals surface area contributed by atoms with E-state index in [9.17, 15) is 4.79 Å². The lowest BCUT2D eigenvalue weighted by Crippen LogP contribution is -2.06. The Morgan fingerprint density at radius 3 is 2.54 bits per heavy atom. The van der Waals surface area contributed by atoms with Gasteiger partial charge in [-0.1, -0.05) is 42.8 Å². The van der Waals surface area contributed by atoms with E-state index >= 15 is 0 Å². The van der Waals surface area contributed by atoms with Crippen LogP contribution in [-0.4, -0.2) is 10.8 Å². The number of nitrogens with zero attached hydrogens (tertiary/aromatic N) is 1. The number of carbonyl (C=O) groups excluding carboxylic acids is 1. The molecule has 0 aliphatic rings. The maximum absolute atomic E-state index is 12.6. The third-order valence-electron chi connectivity index (χ3n) is 4.20. The predicted octanol–water partition coefficient (Wildman–Crippen LogP) is 5.58. The van der Waals surface area contributed by atoms with Crippen molar-refractivity contribution in [2.75, 3.05) is 5.32 Å². The topological polar surface area (TPSA) is 42.0 Å². The first-order chi connectivity index (χ1) is 11.6. The predicted molar refractivity (Wildman–Crippen MR) is 100 cm³/mol. The Balaban J connectivity index is 2.16. The Morgan fingerprint density at radius 1 is 1.08 bits per heavy atom. The molecule has 0 spiro atoms. The quantitative estimate of drug-likeness (QED) is 0.625. The smallest absolute Gasteiger partial charge is 0.166 e. The highest BCUT2D eigenvalue weighted by molar-refractivity contribution is 6.09. The summed E-state index contributed by atoms with van der Waals surface area (Å²) in [7, 11) is 0. The Morgan fingerprint density at radius 2 is 1.83 bits per heavy atom. The second kappa shape index (κ2) is 6.83. The molecule has 0 saturated carbocycles. The van der Waals surface area contributed by atoms with Crippen LogP contribution in [0.25, 0.3) is 10.9 Å². The summed E-state index contributed by atoms with van der Waals surface area (Å²) < 4.78 is 0. The van der Waals surface area contributed by atoms with Crippen molar-refractivity contribution >= 4 is 28.1 Å². The van der Waals surface area contributed by atoms with Crippen LogP contribution in [0.1, 0.15) is 41.3 Å². The van der Waals surface area contributed by atoms with Gasteiger partial charge in [0.05, 0.1) is 16.8 Å². The molecule has 0 aliphatic heterocycles. The fourth-order valence-electron chi connectivity index (χ4n) is 2.86. The number of para-hydroxylation sites is 1. The van der Waals surface area contributed by atoms with Crippen molar-refractivity contribution in [3.05, 3.63) is 65.4 Å². The molecule has 3 rings (SSSR count). The monoisotopic (exact) mass is 318 g/mol. The van der Waals surface area contributed by atoms with Crippen molar-refractivity contribution in [3.8, 4) is 0 Å². The Labute approximate surface area is 142 Å². The molecule has 0 unspecified atom stereocenters. The lowest BCUT2D eigenvalue weighted by atomic mass is 10.0. The van der Waals surface area contributed by atoms with Crippen LogP contribution < -0.4 is 5.32 Å². The maximum atomic E-state index is 12.6. The molecule has 3 nitrogen and oxygen atoms in total. The fourth-order valence-corrected chi connectivity index (χ4v) is 2.86. The number of nitrogens with one attached hydrogen (secondary N) is 1. The number of hydrogen-bond acceptors (Lipinski definition) is 3. The minimum atomic E-state index is 0.128. The summed E-state index contributed by atoms with van der Waals surface area (Å²) in [5.74, 6) is 0.128. The molecule has 1 N–H and O–H groups in total. The molecular weight excluding hydrogens is 296 g/mol. The van der Waals surface area contributed by atoms with Gasteiger partial charge in [-0.3, -0.25) is 9.78 Å². The molecule has 3 heteroatoms. The highest BCUT2D eigenvalue weighted by Gasteiger charge is 2.16. The second-order valence-corrected chi connectivity index (χ2v) is 6.18. The van der Waals surface area contributed by atoms with E-state index in [1.807, 2.05) is 44.2 Å². The summed E-state index contributed by atoms with van der Waals surface area (Å²) >= 11 is 0. The van der Waals surface area contributed by atoms with E-state index < -0.39 is 0 Å². The van der Waals surface area contributed by atoms with Crippen molar-refractivity contribution in [1.82, 2.24) is 4.98 Å². The van der Waals surface area contributed by atoms with E-state index in [2.05, 4.69) is 29.4 Å². The number of fused-ring (bicyclic) bond motifs is 1. The van der Waals surface area contributed by atoms with Gasteiger partial charge in [0, 0.05) is 23.7 Å². The molecule has 0 amide bonds. The summed E-state index contributed by atoms with van der Waals surface area (Å²) in [6.45, 7) is 6.12. The minimum absolute atomic E-state index is 0.128. The zero-order valence-corrected chi connectivity index (χ0v) is 14.4. The lowest BCUT2D eigenvalue weighted by molar-refractivity contribution is 0.0982. The molecule has 0 atom stereocenters. The average Bonchev–Trinajstić information content (AvgIpc) is 2.58. The van der Waals surface area contributed by atoms with Gasteiger partial charge in [0.1, 0.15) is 0 Å².